The van der Waals surface area contributed by atoms with Crippen molar-refractivity contribution in [1.29, 1.82) is 0 Å². The Kier molecular flexibility index (Phi) is 7.52. The van der Waals surface area contributed by atoms with E-state index in [0.29, 0.717) is 11.3 Å². The predicted molar refractivity (Wildman–Crippen MR) is 101 cm³/mol. The van der Waals surface area contributed by atoms with Gasteiger partial charge in [-0.1, -0.05) is 51.3 Å². The van der Waals surface area contributed by atoms with Gasteiger partial charge < -0.3 is 9.47 Å². The van der Waals surface area contributed by atoms with Crippen LogP contribution >= 0.6 is 22.6 Å². The lowest BCUT2D eigenvalue weighted by Crippen LogP contribution is -2.23. The normalized spacial score (nSPS) is 16.7. The van der Waals surface area contributed by atoms with E-state index in [1.165, 1.54) is 6.42 Å². The topological polar surface area (TPSA) is 52.6 Å². The van der Waals surface area contributed by atoms with Crippen LogP contribution in [0.5, 0.6) is 5.75 Å². The Bertz CT molecular complexity index is 564. The molecule has 1 aromatic carbocycles. The molecule has 2 rings (SSSR count). The van der Waals surface area contributed by atoms with Crippen LogP contribution in [0.15, 0.2) is 24.3 Å². The van der Waals surface area contributed by atoms with Gasteiger partial charge in [0.15, 0.2) is 4.11 Å². The van der Waals surface area contributed by atoms with Crippen molar-refractivity contribution >= 4 is 34.5 Å². The highest BCUT2D eigenvalue weighted by molar-refractivity contribution is 14.1. The van der Waals surface area contributed by atoms with Gasteiger partial charge in [-0.15, -0.1) is 0 Å². The lowest BCUT2D eigenvalue weighted by Gasteiger charge is -2.20. The van der Waals surface area contributed by atoms with Crippen LogP contribution in [0.1, 0.15) is 51.5 Å². The molecule has 1 atom stereocenters. The van der Waals surface area contributed by atoms with E-state index in [2.05, 4.69) is 22.6 Å². The summed E-state index contributed by atoms with van der Waals surface area (Å²) in [6.45, 7) is 4.01. The van der Waals surface area contributed by atoms with E-state index in [-0.39, 0.29) is 34.3 Å². The number of rotatable bonds is 6. The summed E-state index contributed by atoms with van der Waals surface area (Å²) in [7, 11) is 0. The molecule has 1 aliphatic carbocycles. The number of carbonyl (C=O) groups is 2. The highest BCUT2D eigenvalue weighted by Crippen LogP contribution is 2.27. The quantitative estimate of drug-likeness (QED) is 0.277. The van der Waals surface area contributed by atoms with Crippen molar-refractivity contribution in [2.24, 2.45) is 11.8 Å². The molecule has 0 amide bonds. The molecule has 0 aromatic heterocycles. The fourth-order valence-electron chi connectivity index (χ4n) is 2.74. The molecule has 0 radical (unpaired) electrons. The number of hydrogen-bond donors (Lipinski definition) is 0. The monoisotopic (exact) mass is 444 g/mol. The lowest BCUT2D eigenvalue weighted by atomic mass is 9.89. The summed E-state index contributed by atoms with van der Waals surface area (Å²) in [6.07, 6.45) is 5.27. The fraction of sp³-hybridized carbons (Fsp3) is 0.579. The average Bonchev–Trinajstić information content (AvgIpc) is 2.57. The van der Waals surface area contributed by atoms with Crippen LogP contribution in [0.3, 0.4) is 0 Å². The summed E-state index contributed by atoms with van der Waals surface area (Å²) in [5.74, 6) is 0.237. The smallest absolute Gasteiger partial charge is 0.314 e. The molecule has 0 N–H and O–H groups in total. The van der Waals surface area contributed by atoms with Crippen LogP contribution in [-0.2, 0) is 20.7 Å². The van der Waals surface area contributed by atoms with Crippen molar-refractivity contribution in [3.05, 3.63) is 29.8 Å². The van der Waals surface area contributed by atoms with E-state index < -0.39 is 0 Å². The van der Waals surface area contributed by atoms with E-state index in [1.54, 1.807) is 6.07 Å². The second kappa shape index (κ2) is 9.39. The maximum atomic E-state index is 12.3. The zero-order chi connectivity index (χ0) is 17.5. The van der Waals surface area contributed by atoms with Crippen LogP contribution in [0.25, 0.3) is 0 Å². The second-order valence-corrected chi connectivity index (χ2v) is 7.85. The molecule has 1 fully saturated rings. The molecule has 1 aromatic rings. The Morgan fingerprint density at radius 2 is 1.83 bits per heavy atom. The van der Waals surface area contributed by atoms with Crippen molar-refractivity contribution in [2.45, 2.75) is 56.5 Å². The first-order valence-electron chi connectivity index (χ1n) is 8.60. The standard InChI is InChI=1S/C19H25IO4/c1-13(2)18(20)24-17(21)12-15-10-6-7-11-16(15)23-19(22)14-8-4-3-5-9-14/h6-7,10-11,13-14,18H,3-5,8-9,12H2,1-2H3. The third-order valence-electron chi connectivity index (χ3n) is 4.22. The number of esters is 2. The first kappa shape index (κ1) is 19.2. The van der Waals surface area contributed by atoms with Gasteiger partial charge in [-0.05, 0) is 47.4 Å². The van der Waals surface area contributed by atoms with Gasteiger partial charge in [0.25, 0.3) is 0 Å². The highest BCUT2D eigenvalue weighted by atomic mass is 127. The molecule has 132 valence electrons. The average molecular weight is 444 g/mol. The first-order chi connectivity index (χ1) is 11.5. The summed E-state index contributed by atoms with van der Waals surface area (Å²) in [4.78, 5) is 24.4. The molecule has 0 bridgehead atoms. The number of alkyl halides is 1. The number of halogens is 1. The lowest BCUT2D eigenvalue weighted by molar-refractivity contribution is -0.145. The Morgan fingerprint density at radius 1 is 1.17 bits per heavy atom. The number of para-hydroxylation sites is 1. The van der Waals surface area contributed by atoms with Gasteiger partial charge in [-0.3, -0.25) is 9.59 Å². The number of benzene rings is 1. The zero-order valence-corrected chi connectivity index (χ0v) is 16.5. The molecule has 4 nitrogen and oxygen atoms in total. The van der Waals surface area contributed by atoms with Gasteiger partial charge in [0.2, 0.25) is 0 Å². The Labute approximate surface area is 157 Å². The fourth-order valence-corrected chi connectivity index (χ4v) is 3.02. The van der Waals surface area contributed by atoms with E-state index in [9.17, 15) is 9.59 Å². The molecule has 1 saturated carbocycles. The molecule has 24 heavy (non-hydrogen) atoms. The zero-order valence-electron chi connectivity index (χ0n) is 14.3. The Balaban J connectivity index is 1.99. The van der Waals surface area contributed by atoms with Crippen molar-refractivity contribution in [1.82, 2.24) is 0 Å². The van der Waals surface area contributed by atoms with Crippen LogP contribution in [0, 0.1) is 11.8 Å². The molecule has 1 aliphatic rings. The van der Waals surface area contributed by atoms with E-state index >= 15 is 0 Å². The van der Waals surface area contributed by atoms with Crippen molar-refractivity contribution in [3.8, 4) is 5.75 Å². The van der Waals surface area contributed by atoms with Crippen molar-refractivity contribution in [2.75, 3.05) is 0 Å². The van der Waals surface area contributed by atoms with Crippen LogP contribution in [0.4, 0.5) is 0 Å². The highest BCUT2D eigenvalue weighted by Gasteiger charge is 2.24. The SMILES string of the molecule is CC(C)C(I)OC(=O)Cc1ccccc1OC(=O)C1CCCCC1. The largest absolute Gasteiger partial charge is 0.451 e. The summed E-state index contributed by atoms with van der Waals surface area (Å²) in [6, 6.07) is 7.20. The Hall–Kier alpha value is -1.11. The van der Waals surface area contributed by atoms with Crippen molar-refractivity contribution in [3.63, 3.8) is 0 Å². The minimum atomic E-state index is -0.302. The molecule has 0 heterocycles. The summed E-state index contributed by atoms with van der Waals surface area (Å²) >= 11 is 2.12. The van der Waals surface area contributed by atoms with Gasteiger partial charge in [-0.25, -0.2) is 0 Å². The van der Waals surface area contributed by atoms with Gasteiger partial charge in [0.1, 0.15) is 5.75 Å². The van der Waals surface area contributed by atoms with Gasteiger partial charge >= 0.3 is 11.9 Å². The molecule has 0 saturated heterocycles. The maximum Gasteiger partial charge on any atom is 0.314 e. The molecule has 1 unspecified atom stereocenters. The summed E-state index contributed by atoms with van der Waals surface area (Å²) < 4.78 is 10.8. The second-order valence-electron chi connectivity index (χ2n) is 6.63. The van der Waals surface area contributed by atoms with E-state index in [4.69, 9.17) is 9.47 Å². The first-order valence-corrected chi connectivity index (χ1v) is 9.85. The molecule has 5 heteroatoms. The minimum Gasteiger partial charge on any atom is -0.451 e. The molecular weight excluding hydrogens is 419 g/mol. The third-order valence-corrected chi connectivity index (χ3v) is 5.92. The Morgan fingerprint density at radius 3 is 2.50 bits per heavy atom. The third kappa shape index (κ3) is 5.76. The van der Waals surface area contributed by atoms with Gasteiger partial charge in [0.05, 0.1) is 12.3 Å². The molecular formula is C19H25IO4. The van der Waals surface area contributed by atoms with Crippen molar-refractivity contribution < 1.29 is 19.1 Å². The van der Waals surface area contributed by atoms with Crippen LogP contribution in [-0.4, -0.2) is 16.0 Å². The van der Waals surface area contributed by atoms with E-state index in [0.717, 1.165) is 25.7 Å². The minimum absolute atomic E-state index is 0.0153. The number of hydrogen-bond acceptors (Lipinski definition) is 4. The summed E-state index contributed by atoms with van der Waals surface area (Å²) in [5, 5.41) is 0. The van der Waals surface area contributed by atoms with Crippen LogP contribution in [0.2, 0.25) is 0 Å². The maximum absolute atomic E-state index is 12.3. The van der Waals surface area contributed by atoms with Crippen LogP contribution < -0.4 is 4.74 Å². The number of ether oxygens (including phenoxy) is 2. The van der Waals surface area contributed by atoms with Gasteiger partial charge in [-0.2, -0.15) is 0 Å². The predicted octanol–water partition coefficient (Wildman–Crippen LogP) is 4.68. The number of carbonyl (C=O) groups excluding carboxylic acids is 2. The van der Waals surface area contributed by atoms with Gasteiger partial charge in [0, 0.05) is 5.56 Å². The molecule has 0 spiro atoms. The molecule has 0 aliphatic heterocycles. The van der Waals surface area contributed by atoms with E-state index in [1.807, 2.05) is 32.0 Å². The summed E-state index contributed by atoms with van der Waals surface area (Å²) in [5.41, 5.74) is 0.694.